The van der Waals surface area contributed by atoms with Crippen molar-refractivity contribution in [1.29, 1.82) is 0 Å². The van der Waals surface area contributed by atoms with Gasteiger partial charge in [-0.05, 0) is 59.6 Å². The number of hydrogen-bond acceptors (Lipinski definition) is 7. The van der Waals surface area contributed by atoms with Crippen LogP contribution in [-0.4, -0.2) is 104 Å². The number of carbonyl (C=O) groups excluding carboxylic acids is 5. The largest absolute Gasteiger partial charge is 0.354 e. The first-order valence-corrected chi connectivity index (χ1v) is 20.8. The van der Waals surface area contributed by atoms with Gasteiger partial charge >= 0.3 is 6.03 Å². The number of fused-ring (bicyclic) bond motifs is 1. The summed E-state index contributed by atoms with van der Waals surface area (Å²) in [5, 5.41) is 10.8. The number of rotatable bonds is 17. The number of amides is 5. The zero-order valence-corrected chi connectivity index (χ0v) is 35.1. The molecule has 57 heavy (non-hydrogen) atoms. The van der Waals surface area contributed by atoms with Gasteiger partial charge in [0.25, 0.3) is 0 Å². The van der Waals surface area contributed by atoms with Gasteiger partial charge in [-0.25, -0.2) is 22.0 Å². The molecule has 1 saturated carbocycles. The highest BCUT2D eigenvalue weighted by Gasteiger charge is 2.70. The van der Waals surface area contributed by atoms with Crippen molar-refractivity contribution in [2.75, 3.05) is 26.7 Å². The molecule has 1 aliphatic heterocycles. The molecular weight excluding hydrogens is 759 g/mol. The van der Waals surface area contributed by atoms with Crippen LogP contribution in [0.1, 0.15) is 77.7 Å². The molecule has 0 radical (unpaired) electrons. The van der Waals surface area contributed by atoms with Gasteiger partial charge < -0.3 is 26.2 Å². The van der Waals surface area contributed by atoms with Crippen molar-refractivity contribution in [2.45, 2.75) is 104 Å². The molecular formula is C41H58F2N6O7S. The van der Waals surface area contributed by atoms with Crippen molar-refractivity contribution < 1.29 is 41.2 Å². The molecule has 0 aromatic heterocycles. The van der Waals surface area contributed by atoms with Crippen LogP contribution in [-0.2, 0) is 30.8 Å². The van der Waals surface area contributed by atoms with Crippen LogP contribution in [0.3, 0.4) is 0 Å². The topological polar surface area (TPSA) is 174 Å². The molecule has 2 aromatic rings. The Morgan fingerprint density at radius 3 is 2.11 bits per heavy atom. The lowest BCUT2D eigenvalue weighted by Crippen LogP contribution is -2.62. The number of urea groups is 1. The number of benzene rings is 2. The van der Waals surface area contributed by atoms with Gasteiger partial charge in [0.05, 0.1) is 4.90 Å². The number of Topliss-reactive ketones (excluding diaryl/α,β-unsaturated/α-hetero) is 1. The molecule has 2 aliphatic rings. The number of halogens is 2. The predicted octanol–water partition coefficient (Wildman–Crippen LogP) is 4.23. The number of piperidine rings is 1. The highest BCUT2D eigenvalue weighted by molar-refractivity contribution is 7.89. The minimum atomic E-state index is -3.85. The van der Waals surface area contributed by atoms with Crippen LogP contribution in [0.5, 0.6) is 0 Å². The number of sulfonamides is 1. The molecule has 13 nitrogen and oxygen atoms in total. The van der Waals surface area contributed by atoms with Gasteiger partial charge in [-0.1, -0.05) is 90.9 Å². The van der Waals surface area contributed by atoms with E-state index < -0.39 is 76.2 Å². The fourth-order valence-electron chi connectivity index (χ4n) is 7.57. The molecule has 6 atom stereocenters. The van der Waals surface area contributed by atoms with Crippen LogP contribution in [0.15, 0.2) is 59.5 Å². The number of alkyl halides is 2. The molecule has 1 saturated heterocycles. The SMILES string of the molecule is CC(=O)c1ccc(CCNC(=O)[C@H](CC(F)F)NC(=O)[C@@H]2C3C(CN2C(=O)[C@@H](NC(=O)N[C@H](CN(C)S(=O)(=O)c2ccccc2)C(C)C)C(C)(C)C)C3(C)C)cc1. The number of likely N-dealkylation sites (N-methyl/N-ethyl adjacent to an activating group) is 1. The molecule has 0 spiro atoms. The van der Waals surface area contributed by atoms with Crippen LogP contribution >= 0.6 is 0 Å². The maximum atomic E-state index is 14.4. The average molecular weight is 817 g/mol. The van der Waals surface area contributed by atoms with E-state index >= 15 is 0 Å². The van der Waals surface area contributed by atoms with E-state index in [1.165, 1.54) is 31.0 Å². The zero-order valence-electron chi connectivity index (χ0n) is 34.3. The minimum Gasteiger partial charge on any atom is -0.354 e. The Labute approximate surface area is 335 Å². The van der Waals surface area contributed by atoms with Gasteiger partial charge in [-0.2, -0.15) is 4.31 Å². The maximum absolute atomic E-state index is 14.4. The van der Waals surface area contributed by atoms with E-state index in [2.05, 4.69) is 21.3 Å². The molecule has 4 N–H and O–H groups in total. The Kier molecular flexibility index (Phi) is 14.3. The first-order valence-electron chi connectivity index (χ1n) is 19.3. The molecule has 1 aliphatic carbocycles. The van der Waals surface area contributed by atoms with Crippen molar-refractivity contribution in [3.8, 4) is 0 Å². The van der Waals surface area contributed by atoms with Crippen LogP contribution in [0.4, 0.5) is 13.6 Å². The van der Waals surface area contributed by atoms with Crippen LogP contribution in [0.25, 0.3) is 0 Å². The summed E-state index contributed by atoms with van der Waals surface area (Å²) in [6, 6.07) is 9.58. The Morgan fingerprint density at radius 2 is 1.56 bits per heavy atom. The Morgan fingerprint density at radius 1 is 0.947 bits per heavy atom. The summed E-state index contributed by atoms with van der Waals surface area (Å²) in [6.45, 7) is 14.5. The van der Waals surface area contributed by atoms with E-state index in [1.54, 1.807) is 63.2 Å². The molecule has 2 aromatic carbocycles. The van der Waals surface area contributed by atoms with Gasteiger partial charge in [0.15, 0.2) is 5.78 Å². The number of likely N-dealkylation sites (tertiary alicyclic amines) is 1. The molecule has 2 fully saturated rings. The maximum Gasteiger partial charge on any atom is 0.315 e. The van der Waals surface area contributed by atoms with Gasteiger partial charge in [-0.15, -0.1) is 0 Å². The van der Waals surface area contributed by atoms with E-state index in [9.17, 15) is 41.2 Å². The Bertz CT molecular complexity index is 1890. The lowest BCUT2D eigenvalue weighted by atomic mass is 9.85. The van der Waals surface area contributed by atoms with Gasteiger partial charge in [0, 0.05) is 44.7 Å². The van der Waals surface area contributed by atoms with Crippen molar-refractivity contribution in [3.05, 3.63) is 65.7 Å². The van der Waals surface area contributed by atoms with E-state index in [0.29, 0.717) is 12.0 Å². The molecule has 1 heterocycles. The second-order valence-electron chi connectivity index (χ2n) is 17.2. The molecule has 0 bridgehead atoms. The zero-order chi connectivity index (χ0) is 42.6. The first-order chi connectivity index (χ1) is 26.5. The molecule has 314 valence electrons. The van der Waals surface area contributed by atoms with Gasteiger partial charge in [0.2, 0.25) is 34.2 Å². The number of ketones is 1. The van der Waals surface area contributed by atoms with Crippen molar-refractivity contribution in [1.82, 2.24) is 30.5 Å². The lowest BCUT2D eigenvalue weighted by Gasteiger charge is -2.38. The molecule has 2 unspecified atom stereocenters. The quantitative estimate of drug-likeness (QED) is 0.173. The van der Waals surface area contributed by atoms with Crippen LogP contribution in [0.2, 0.25) is 0 Å². The highest BCUT2D eigenvalue weighted by Crippen LogP contribution is 2.65. The fraction of sp³-hybridized carbons (Fsp3) is 0.585. The summed E-state index contributed by atoms with van der Waals surface area (Å²) < 4.78 is 55.1. The van der Waals surface area contributed by atoms with E-state index in [4.69, 9.17) is 0 Å². The smallest absolute Gasteiger partial charge is 0.315 e. The number of nitrogens with one attached hydrogen (secondary N) is 4. The summed E-state index contributed by atoms with van der Waals surface area (Å²) in [5.74, 6) is -2.74. The van der Waals surface area contributed by atoms with E-state index in [0.717, 1.165) is 9.87 Å². The normalized spacial score (nSPS) is 20.4. The van der Waals surface area contributed by atoms with Crippen LogP contribution in [0, 0.1) is 28.6 Å². The fourth-order valence-corrected chi connectivity index (χ4v) is 8.78. The summed E-state index contributed by atoms with van der Waals surface area (Å²) >= 11 is 0. The Hall–Kier alpha value is -4.44. The van der Waals surface area contributed by atoms with Gasteiger partial charge in [0.1, 0.15) is 18.1 Å². The molecule has 16 heteroatoms. The van der Waals surface area contributed by atoms with Crippen LogP contribution < -0.4 is 21.3 Å². The van der Waals surface area contributed by atoms with Crippen molar-refractivity contribution in [2.24, 2.45) is 28.6 Å². The second kappa shape index (κ2) is 18.0. The summed E-state index contributed by atoms with van der Waals surface area (Å²) in [7, 11) is -2.43. The molecule has 5 amide bonds. The third kappa shape index (κ3) is 10.9. The van der Waals surface area contributed by atoms with Crippen molar-refractivity contribution >= 4 is 39.6 Å². The summed E-state index contributed by atoms with van der Waals surface area (Å²) in [5.41, 5.74) is 0.155. The Balaban J connectivity index is 1.47. The van der Waals surface area contributed by atoms with E-state index in [1.807, 2.05) is 27.7 Å². The predicted molar refractivity (Wildman–Crippen MR) is 212 cm³/mol. The third-order valence-electron chi connectivity index (χ3n) is 11.3. The third-order valence-corrected chi connectivity index (χ3v) is 13.1. The van der Waals surface area contributed by atoms with Crippen molar-refractivity contribution in [3.63, 3.8) is 0 Å². The number of nitrogens with zero attached hydrogens (tertiary/aromatic N) is 2. The number of carbonyl (C=O) groups is 5. The number of hydrogen-bond donors (Lipinski definition) is 4. The monoisotopic (exact) mass is 816 g/mol. The summed E-state index contributed by atoms with van der Waals surface area (Å²) in [6.07, 6.45) is -3.49. The minimum absolute atomic E-state index is 0.0508. The average Bonchev–Trinajstić information content (AvgIpc) is 3.42. The lowest BCUT2D eigenvalue weighted by molar-refractivity contribution is -0.144. The van der Waals surface area contributed by atoms with Gasteiger partial charge in [-0.3, -0.25) is 19.2 Å². The van der Waals surface area contributed by atoms with E-state index in [-0.39, 0.29) is 53.5 Å². The second-order valence-corrected chi connectivity index (χ2v) is 19.3. The molecule has 4 rings (SSSR count). The standard InChI is InChI=1S/C41H58F2N6O7S/c1-24(2)31(23-48(9)57(55,56)28-13-11-10-12-14-28)46-39(54)47-35(40(4,5)6)38(53)49-22-29-33(41(29,7)8)34(49)37(52)45-30(21-32(42)43)36(51)44-20-19-26-15-17-27(18-16-26)25(3)50/h10-18,24,29-35H,19-23H2,1-9H3,(H,44,51)(H,45,52)(H2,46,47,54)/t29?,30-,31+,33?,34-,35+/m0/s1. The first kappa shape index (κ1) is 45.3. The summed E-state index contributed by atoms with van der Waals surface area (Å²) in [4.78, 5) is 68.4. The highest BCUT2D eigenvalue weighted by atomic mass is 32.2.